The summed E-state index contributed by atoms with van der Waals surface area (Å²) >= 11 is -2.31. The molecule has 1 atom stereocenters. The van der Waals surface area contributed by atoms with Gasteiger partial charge in [-0.25, -0.2) is 0 Å². The topological polar surface area (TPSA) is 46.5 Å². The maximum atomic E-state index is 10.8. The second kappa shape index (κ2) is 5.12. The number of hydrogen-bond acceptors (Lipinski definition) is 2. The fourth-order valence-electron chi connectivity index (χ4n) is 1.76. The van der Waals surface area contributed by atoms with E-state index in [0.29, 0.717) is 5.75 Å². The van der Waals surface area contributed by atoms with Gasteiger partial charge in [0.15, 0.2) is 5.75 Å². The Kier molecular flexibility index (Phi) is 3.56. The van der Waals surface area contributed by atoms with Gasteiger partial charge in [-0.1, -0.05) is 42.5 Å². The number of aryl methyl sites for hydroxylation is 1. The lowest BCUT2D eigenvalue weighted by molar-refractivity contribution is 0.458. The summed E-state index contributed by atoms with van der Waals surface area (Å²) in [5.41, 5.74) is 2.81. The first-order valence-corrected chi connectivity index (χ1v) is 6.16. The molecule has 0 aliphatic heterocycles. The van der Waals surface area contributed by atoms with Gasteiger partial charge >= 0.3 is 11.4 Å². The normalized spacial score (nSPS) is 12.1. The van der Waals surface area contributed by atoms with Gasteiger partial charge in [-0.2, -0.15) is 4.21 Å². The summed E-state index contributed by atoms with van der Waals surface area (Å²) < 4.78 is 24.5. The average molecular weight is 248 g/mol. The predicted octanol–water partition coefficient (Wildman–Crippen LogP) is 3.18. The molecule has 0 aromatic heterocycles. The molecular weight excluding hydrogens is 236 g/mol. The number of benzene rings is 2. The van der Waals surface area contributed by atoms with E-state index in [9.17, 15) is 4.21 Å². The van der Waals surface area contributed by atoms with Gasteiger partial charge in [-0.15, -0.1) is 0 Å². The summed E-state index contributed by atoms with van der Waals surface area (Å²) in [5, 5.41) is 0. The number of hydrogen-bond donors (Lipinski definition) is 1. The molecule has 3 nitrogen and oxygen atoms in total. The van der Waals surface area contributed by atoms with E-state index in [2.05, 4.69) is 0 Å². The molecule has 2 aromatic rings. The molecule has 0 amide bonds. The Morgan fingerprint density at radius 1 is 1.06 bits per heavy atom. The highest BCUT2D eigenvalue weighted by Gasteiger charge is 2.10. The van der Waals surface area contributed by atoms with Crippen LogP contribution in [0, 0.1) is 6.92 Å². The Morgan fingerprint density at radius 2 is 1.76 bits per heavy atom. The van der Waals surface area contributed by atoms with Crippen molar-refractivity contribution in [1.29, 1.82) is 0 Å². The summed E-state index contributed by atoms with van der Waals surface area (Å²) in [6.07, 6.45) is 0. The molecule has 1 N–H and O–H groups in total. The first kappa shape index (κ1) is 11.8. The van der Waals surface area contributed by atoms with Crippen LogP contribution >= 0.6 is 0 Å². The Labute approximate surface area is 103 Å². The molecule has 0 radical (unpaired) electrons. The summed E-state index contributed by atoms with van der Waals surface area (Å²) in [6.45, 7) is 1.94. The Balaban J connectivity index is 2.55. The van der Waals surface area contributed by atoms with E-state index >= 15 is 0 Å². The van der Waals surface area contributed by atoms with Gasteiger partial charge in [-0.3, -0.25) is 4.55 Å². The van der Waals surface area contributed by atoms with Crippen LogP contribution in [0.25, 0.3) is 11.1 Å². The van der Waals surface area contributed by atoms with Crippen molar-refractivity contribution in [1.82, 2.24) is 0 Å². The van der Waals surface area contributed by atoms with Crippen LogP contribution in [-0.2, 0) is 11.4 Å². The van der Waals surface area contributed by atoms with Crippen molar-refractivity contribution < 1.29 is 12.9 Å². The quantitative estimate of drug-likeness (QED) is 0.848. The zero-order valence-corrected chi connectivity index (χ0v) is 10.1. The van der Waals surface area contributed by atoms with Crippen LogP contribution in [0.4, 0.5) is 0 Å². The lowest BCUT2D eigenvalue weighted by Crippen LogP contribution is -1.99. The zero-order chi connectivity index (χ0) is 12.3. The van der Waals surface area contributed by atoms with Gasteiger partial charge in [0, 0.05) is 5.56 Å². The first-order chi connectivity index (χ1) is 8.18. The largest absolute Gasteiger partial charge is 0.379 e. The molecule has 0 spiro atoms. The third-order valence-corrected chi connectivity index (χ3v) is 2.78. The van der Waals surface area contributed by atoms with Crippen molar-refractivity contribution in [2.75, 3.05) is 0 Å². The maximum absolute atomic E-state index is 10.8. The molecule has 88 valence electrons. The van der Waals surface area contributed by atoms with Crippen LogP contribution in [0.15, 0.2) is 48.5 Å². The van der Waals surface area contributed by atoms with Crippen LogP contribution in [0.3, 0.4) is 0 Å². The molecular formula is C13H12O3S. The van der Waals surface area contributed by atoms with E-state index in [1.54, 1.807) is 12.1 Å². The fourth-order valence-corrected chi connectivity index (χ4v) is 2.05. The van der Waals surface area contributed by atoms with Crippen LogP contribution in [-0.4, -0.2) is 8.76 Å². The molecule has 0 aliphatic carbocycles. The monoisotopic (exact) mass is 248 g/mol. The Hall–Kier alpha value is -1.65. The lowest BCUT2D eigenvalue weighted by Gasteiger charge is -2.11. The van der Waals surface area contributed by atoms with Crippen molar-refractivity contribution in [3.63, 3.8) is 0 Å². The molecule has 4 heteroatoms. The molecule has 17 heavy (non-hydrogen) atoms. The second-order valence-corrected chi connectivity index (χ2v) is 4.22. The molecule has 0 bridgehead atoms. The first-order valence-electron chi connectivity index (χ1n) is 5.12. The van der Waals surface area contributed by atoms with Gasteiger partial charge in [-0.05, 0) is 24.1 Å². The summed E-state index contributed by atoms with van der Waals surface area (Å²) in [5.74, 6) is 0.414. The molecule has 0 saturated carbocycles. The Bertz CT molecular complexity index is 538. The minimum absolute atomic E-state index is 0.414. The van der Waals surface area contributed by atoms with Crippen LogP contribution in [0.1, 0.15) is 5.56 Å². The maximum Gasteiger partial charge on any atom is 0.357 e. The average Bonchev–Trinajstić information content (AvgIpc) is 2.29. The van der Waals surface area contributed by atoms with Crippen LogP contribution in [0.2, 0.25) is 0 Å². The molecule has 0 aliphatic rings. The molecule has 2 aromatic carbocycles. The van der Waals surface area contributed by atoms with Crippen molar-refractivity contribution in [2.45, 2.75) is 6.92 Å². The van der Waals surface area contributed by atoms with Gasteiger partial charge in [0.25, 0.3) is 0 Å². The van der Waals surface area contributed by atoms with E-state index in [-0.39, 0.29) is 0 Å². The van der Waals surface area contributed by atoms with Gasteiger partial charge in [0.05, 0.1) is 0 Å². The van der Waals surface area contributed by atoms with E-state index in [4.69, 9.17) is 8.74 Å². The van der Waals surface area contributed by atoms with Gasteiger partial charge in [0.1, 0.15) is 0 Å². The lowest BCUT2D eigenvalue weighted by atomic mass is 10.00. The molecule has 0 saturated heterocycles. The Morgan fingerprint density at radius 3 is 2.41 bits per heavy atom. The highest BCUT2D eigenvalue weighted by Crippen LogP contribution is 2.33. The van der Waals surface area contributed by atoms with E-state index in [1.165, 1.54) is 0 Å². The summed E-state index contributed by atoms with van der Waals surface area (Å²) in [4.78, 5) is 0. The smallest absolute Gasteiger partial charge is 0.357 e. The highest BCUT2D eigenvalue weighted by atomic mass is 32.2. The van der Waals surface area contributed by atoms with Crippen molar-refractivity contribution >= 4 is 11.4 Å². The SMILES string of the molecule is Cc1cccc(OS(=O)O)c1-c1ccccc1. The minimum atomic E-state index is -2.31. The van der Waals surface area contributed by atoms with Crippen molar-refractivity contribution in [2.24, 2.45) is 0 Å². The van der Waals surface area contributed by atoms with Gasteiger partial charge in [0.2, 0.25) is 0 Å². The number of rotatable bonds is 3. The molecule has 0 fully saturated rings. The molecule has 2 rings (SSSR count). The predicted molar refractivity (Wildman–Crippen MR) is 68.0 cm³/mol. The van der Waals surface area contributed by atoms with E-state index in [1.807, 2.05) is 43.3 Å². The molecule has 0 heterocycles. The van der Waals surface area contributed by atoms with Crippen molar-refractivity contribution in [3.05, 3.63) is 54.1 Å². The summed E-state index contributed by atoms with van der Waals surface area (Å²) in [7, 11) is 0. The standard InChI is InChI=1S/C13H12O3S/c1-10-6-5-9-12(16-17(14)15)13(10)11-7-3-2-4-8-11/h2-9H,1H3,(H,14,15). The fraction of sp³-hybridized carbons (Fsp3) is 0.0769. The van der Waals surface area contributed by atoms with E-state index < -0.39 is 11.4 Å². The van der Waals surface area contributed by atoms with Crippen LogP contribution in [0.5, 0.6) is 5.75 Å². The minimum Gasteiger partial charge on any atom is -0.379 e. The third kappa shape index (κ3) is 2.72. The zero-order valence-electron chi connectivity index (χ0n) is 9.29. The van der Waals surface area contributed by atoms with E-state index in [0.717, 1.165) is 16.7 Å². The van der Waals surface area contributed by atoms with Gasteiger partial charge < -0.3 is 4.18 Å². The second-order valence-electron chi connectivity index (χ2n) is 3.61. The van der Waals surface area contributed by atoms with Crippen LogP contribution < -0.4 is 4.18 Å². The van der Waals surface area contributed by atoms with Crippen molar-refractivity contribution in [3.8, 4) is 16.9 Å². The summed E-state index contributed by atoms with van der Waals surface area (Å²) in [6, 6.07) is 15.1. The highest BCUT2D eigenvalue weighted by molar-refractivity contribution is 7.74. The molecule has 1 unspecified atom stereocenters. The third-order valence-electron chi connectivity index (χ3n) is 2.46.